The largest absolute Gasteiger partial charge is 1.00 e. The maximum atomic E-state index is 13.4. The molecule has 1 saturated heterocycles. The van der Waals surface area contributed by atoms with Crippen LogP contribution in [-0.4, -0.2) is 33.4 Å². The van der Waals surface area contributed by atoms with E-state index in [1.807, 2.05) is 0 Å². The molecular weight excluding hydrogens is 194 g/mol. The maximum absolute atomic E-state index is 13.4. The summed E-state index contributed by atoms with van der Waals surface area (Å²) in [5.74, 6) is -0.393. The molecule has 0 spiro atoms. The fourth-order valence-corrected chi connectivity index (χ4v) is 1.80. The van der Waals surface area contributed by atoms with Crippen molar-refractivity contribution in [3.05, 3.63) is 0 Å². The van der Waals surface area contributed by atoms with E-state index in [1.54, 1.807) is 0 Å². The first kappa shape index (κ1) is 13.0. The molecule has 1 unspecified atom stereocenters. The molecule has 0 aliphatic carbocycles. The van der Waals surface area contributed by atoms with Crippen LogP contribution in [0, 0.1) is 0 Å². The summed E-state index contributed by atoms with van der Waals surface area (Å²) >= 11 is -2.28. The van der Waals surface area contributed by atoms with Gasteiger partial charge in [-0.05, 0) is 0 Å². The fourth-order valence-electron chi connectivity index (χ4n) is 1.09. The van der Waals surface area contributed by atoms with Gasteiger partial charge in [0.15, 0.2) is 0 Å². The third-order valence-corrected chi connectivity index (χ3v) is 2.52. The minimum atomic E-state index is -2.28. The standard InChI is InChI=1S/C6H11FO3S.Na/c7-6(5-11(8)9)1-3-10-4-2-6;/h1-5H2,(H,8,9);/q;+1/p-1. The van der Waals surface area contributed by atoms with Crippen LogP contribution in [0.25, 0.3) is 0 Å². The second kappa shape index (κ2) is 5.67. The first-order chi connectivity index (χ1) is 5.12. The minimum Gasteiger partial charge on any atom is -0.772 e. The molecule has 1 fully saturated rings. The van der Waals surface area contributed by atoms with Crippen LogP contribution in [0.15, 0.2) is 0 Å². The fraction of sp³-hybridized carbons (Fsp3) is 1.00. The topological polar surface area (TPSA) is 49.4 Å². The van der Waals surface area contributed by atoms with Gasteiger partial charge in [-0.1, -0.05) is 11.1 Å². The Labute approximate surface area is 95.6 Å². The second-order valence-electron chi connectivity index (χ2n) is 2.71. The van der Waals surface area contributed by atoms with Gasteiger partial charge in [-0.2, -0.15) is 0 Å². The van der Waals surface area contributed by atoms with Crippen LogP contribution >= 0.6 is 0 Å². The molecule has 0 radical (unpaired) electrons. The monoisotopic (exact) mass is 204 g/mol. The number of hydrogen-bond donors (Lipinski definition) is 0. The van der Waals surface area contributed by atoms with E-state index in [9.17, 15) is 13.2 Å². The van der Waals surface area contributed by atoms with Crippen molar-refractivity contribution in [2.24, 2.45) is 0 Å². The van der Waals surface area contributed by atoms with E-state index >= 15 is 0 Å². The molecule has 0 aromatic heterocycles. The number of rotatable bonds is 2. The van der Waals surface area contributed by atoms with E-state index in [1.165, 1.54) is 0 Å². The molecule has 12 heavy (non-hydrogen) atoms. The van der Waals surface area contributed by atoms with Gasteiger partial charge >= 0.3 is 29.6 Å². The van der Waals surface area contributed by atoms with Gasteiger partial charge < -0.3 is 9.29 Å². The quantitative estimate of drug-likeness (QED) is 0.366. The Hall–Kier alpha value is 1.00. The molecule has 1 atom stereocenters. The van der Waals surface area contributed by atoms with Crippen molar-refractivity contribution >= 4 is 11.1 Å². The molecule has 0 bridgehead atoms. The van der Waals surface area contributed by atoms with Crippen molar-refractivity contribution in [1.29, 1.82) is 0 Å². The molecule has 1 rings (SSSR count). The van der Waals surface area contributed by atoms with Crippen LogP contribution in [0.4, 0.5) is 4.39 Å². The summed E-state index contributed by atoms with van der Waals surface area (Å²) in [4.78, 5) is 0. The first-order valence-electron chi connectivity index (χ1n) is 3.45. The summed E-state index contributed by atoms with van der Waals surface area (Å²) in [6.07, 6.45) is 0.391. The molecule has 0 aromatic carbocycles. The molecule has 1 aliphatic heterocycles. The Morgan fingerprint density at radius 2 is 2.00 bits per heavy atom. The van der Waals surface area contributed by atoms with Crippen molar-refractivity contribution in [1.82, 2.24) is 0 Å². The van der Waals surface area contributed by atoms with E-state index in [4.69, 9.17) is 4.74 Å². The van der Waals surface area contributed by atoms with Crippen LogP contribution in [0.3, 0.4) is 0 Å². The van der Waals surface area contributed by atoms with Gasteiger partial charge in [-0.15, -0.1) is 0 Å². The molecule has 0 saturated carbocycles. The number of hydrogen-bond acceptors (Lipinski definition) is 3. The van der Waals surface area contributed by atoms with Crippen LogP contribution in [0.5, 0.6) is 0 Å². The number of alkyl halides is 1. The normalized spacial score (nSPS) is 24.2. The molecule has 6 heteroatoms. The van der Waals surface area contributed by atoms with Gasteiger partial charge in [0.2, 0.25) is 0 Å². The Morgan fingerprint density at radius 1 is 1.50 bits per heavy atom. The van der Waals surface area contributed by atoms with Crippen LogP contribution < -0.4 is 29.6 Å². The van der Waals surface area contributed by atoms with E-state index in [2.05, 4.69) is 0 Å². The maximum Gasteiger partial charge on any atom is 1.00 e. The van der Waals surface area contributed by atoms with E-state index in [-0.39, 0.29) is 42.4 Å². The molecule has 0 N–H and O–H groups in total. The van der Waals surface area contributed by atoms with Crippen molar-refractivity contribution in [2.75, 3.05) is 19.0 Å². The molecule has 1 heterocycles. The Morgan fingerprint density at radius 3 is 2.42 bits per heavy atom. The predicted octanol–water partition coefficient (Wildman–Crippen LogP) is -2.61. The average molecular weight is 204 g/mol. The predicted molar refractivity (Wildman–Crippen MR) is 37.7 cm³/mol. The van der Waals surface area contributed by atoms with E-state index < -0.39 is 22.5 Å². The molecule has 66 valence electrons. The molecule has 0 amide bonds. The van der Waals surface area contributed by atoms with Crippen LogP contribution in [-0.2, 0) is 15.8 Å². The van der Waals surface area contributed by atoms with Crippen molar-refractivity contribution in [3.63, 3.8) is 0 Å². The van der Waals surface area contributed by atoms with Crippen LogP contribution in [0.2, 0.25) is 0 Å². The second-order valence-corrected chi connectivity index (χ2v) is 3.61. The molecule has 3 nitrogen and oxygen atoms in total. The average Bonchev–Trinajstić information content (AvgIpc) is 1.85. The summed E-state index contributed by atoms with van der Waals surface area (Å²) in [5.41, 5.74) is -1.54. The number of ether oxygens (including phenoxy) is 1. The zero-order valence-electron chi connectivity index (χ0n) is 7.05. The zero-order valence-corrected chi connectivity index (χ0v) is 9.86. The molecule has 1 aliphatic rings. The van der Waals surface area contributed by atoms with E-state index in [0.717, 1.165) is 0 Å². The minimum absolute atomic E-state index is 0. The Kier molecular flexibility index (Phi) is 6.14. The molecule has 0 aromatic rings. The molecular formula is C6H10FNaO3S. The Balaban J connectivity index is 0.00000121. The Bertz CT molecular complexity index is 161. The van der Waals surface area contributed by atoms with Gasteiger partial charge in [0.25, 0.3) is 0 Å². The van der Waals surface area contributed by atoms with Gasteiger partial charge in [0.05, 0.1) is 0 Å². The summed E-state index contributed by atoms with van der Waals surface area (Å²) in [7, 11) is 0. The third kappa shape index (κ3) is 4.30. The van der Waals surface area contributed by atoms with Gasteiger partial charge in [-0.3, -0.25) is 4.21 Å². The third-order valence-electron chi connectivity index (χ3n) is 1.77. The van der Waals surface area contributed by atoms with E-state index in [0.29, 0.717) is 13.2 Å². The van der Waals surface area contributed by atoms with Crippen LogP contribution in [0.1, 0.15) is 12.8 Å². The van der Waals surface area contributed by atoms with Gasteiger partial charge in [-0.25, -0.2) is 4.39 Å². The van der Waals surface area contributed by atoms with Gasteiger partial charge in [0.1, 0.15) is 5.67 Å². The van der Waals surface area contributed by atoms with Crippen molar-refractivity contribution < 1.29 is 47.4 Å². The summed E-state index contributed by atoms with van der Waals surface area (Å²) < 4.78 is 38.6. The zero-order chi connectivity index (χ0) is 8.32. The van der Waals surface area contributed by atoms with Crippen molar-refractivity contribution in [3.8, 4) is 0 Å². The number of halogens is 1. The first-order valence-corrected chi connectivity index (χ1v) is 4.69. The van der Waals surface area contributed by atoms with Crippen molar-refractivity contribution in [2.45, 2.75) is 18.5 Å². The summed E-state index contributed by atoms with van der Waals surface area (Å²) in [6.45, 7) is 0.654. The SMILES string of the molecule is O=S([O-])CC1(F)CCOCC1.[Na+]. The summed E-state index contributed by atoms with van der Waals surface area (Å²) in [5, 5.41) is 0. The van der Waals surface area contributed by atoms with Gasteiger partial charge in [0, 0.05) is 31.8 Å². The smallest absolute Gasteiger partial charge is 0.772 e. The summed E-state index contributed by atoms with van der Waals surface area (Å²) in [6, 6.07) is 0.